The largest absolute Gasteiger partial charge is 0.416 e. The highest BCUT2D eigenvalue weighted by molar-refractivity contribution is 7.79. The minimum absolute atomic E-state index is 0.0803. The Bertz CT molecular complexity index is 1090. The molecule has 0 amide bonds. The van der Waals surface area contributed by atoms with Gasteiger partial charge in [0.05, 0.1) is 22.3 Å². The van der Waals surface area contributed by atoms with E-state index < -0.39 is 22.8 Å². The van der Waals surface area contributed by atoms with Gasteiger partial charge in [-0.05, 0) is 41.5 Å². The molecule has 0 saturated carbocycles. The second-order valence-electron chi connectivity index (χ2n) is 5.45. The first-order chi connectivity index (χ1) is 12.2. The Kier molecular flexibility index (Phi) is 4.51. The minimum atomic E-state index is -4.44. The lowest BCUT2D eigenvalue weighted by molar-refractivity contribution is -0.137. The van der Waals surface area contributed by atoms with Crippen LogP contribution < -0.4 is 5.49 Å². The van der Waals surface area contributed by atoms with Gasteiger partial charge in [0, 0.05) is 5.39 Å². The van der Waals surface area contributed by atoms with Crippen LogP contribution in [-0.2, 0) is 17.3 Å². The van der Waals surface area contributed by atoms with Crippen LogP contribution in [0.15, 0.2) is 53.4 Å². The molecule has 0 saturated heterocycles. The van der Waals surface area contributed by atoms with Gasteiger partial charge < -0.3 is 4.55 Å². The zero-order valence-electron chi connectivity index (χ0n) is 13.0. The molecule has 3 rings (SSSR count). The van der Waals surface area contributed by atoms with Gasteiger partial charge in [0.1, 0.15) is 5.49 Å². The van der Waals surface area contributed by atoms with Crippen LogP contribution in [0.4, 0.5) is 13.2 Å². The Morgan fingerprint density at radius 2 is 1.73 bits per heavy atom. The van der Waals surface area contributed by atoms with Gasteiger partial charge in [0.15, 0.2) is 11.1 Å². The van der Waals surface area contributed by atoms with E-state index in [0.29, 0.717) is 22.0 Å². The number of fused-ring (bicyclic) bond motifs is 1. The first-order valence-electron chi connectivity index (χ1n) is 7.25. The average molecular weight is 379 g/mol. The maximum atomic E-state index is 12.7. The molecule has 1 heterocycles. The van der Waals surface area contributed by atoms with Gasteiger partial charge in [-0.15, -0.1) is 0 Å². The third-order valence-corrected chi connectivity index (χ3v) is 4.57. The third-order valence-electron chi connectivity index (χ3n) is 3.91. The molecule has 0 radical (unpaired) electrons. The summed E-state index contributed by atoms with van der Waals surface area (Å²) in [6, 6.07) is 10.3. The number of halogens is 3. The van der Waals surface area contributed by atoms with E-state index in [1.807, 2.05) is 0 Å². The Labute approximate surface area is 148 Å². The summed E-state index contributed by atoms with van der Waals surface area (Å²) in [4.78, 5) is 0.0945. The maximum Gasteiger partial charge on any atom is 0.416 e. The summed E-state index contributed by atoms with van der Waals surface area (Å²) >= 11 is -2.24. The predicted octanol–water partition coefficient (Wildman–Crippen LogP) is 3.84. The van der Waals surface area contributed by atoms with Crippen LogP contribution in [0.5, 0.6) is 0 Å². The average Bonchev–Trinajstić information content (AvgIpc) is 2.60. The molecular weight excluding hydrogens is 367 g/mol. The van der Waals surface area contributed by atoms with E-state index in [1.54, 1.807) is 6.07 Å². The quantitative estimate of drug-likeness (QED) is 0.367. The van der Waals surface area contributed by atoms with Crippen LogP contribution >= 0.6 is 0 Å². The molecule has 0 aliphatic heterocycles. The minimum Gasteiger partial charge on any atom is -0.302 e. The van der Waals surface area contributed by atoms with Crippen molar-refractivity contribution < 1.29 is 21.9 Å². The van der Waals surface area contributed by atoms with E-state index in [2.05, 4.69) is 0 Å². The predicted molar refractivity (Wildman–Crippen MR) is 91.4 cm³/mol. The molecule has 2 aromatic carbocycles. The van der Waals surface area contributed by atoms with Crippen molar-refractivity contribution in [2.45, 2.75) is 11.1 Å². The van der Waals surface area contributed by atoms with Crippen molar-refractivity contribution in [2.75, 3.05) is 0 Å². The van der Waals surface area contributed by atoms with E-state index in [9.17, 15) is 21.9 Å². The van der Waals surface area contributed by atoms with Gasteiger partial charge in [-0.1, -0.05) is 18.2 Å². The van der Waals surface area contributed by atoms with Crippen LogP contribution in [0.3, 0.4) is 0 Å². The molecule has 0 aliphatic carbocycles. The Morgan fingerprint density at radius 1 is 1.08 bits per heavy atom. The van der Waals surface area contributed by atoms with Gasteiger partial charge in [-0.3, -0.25) is 15.4 Å². The van der Waals surface area contributed by atoms with E-state index in [-0.39, 0.29) is 10.4 Å². The first kappa shape index (κ1) is 18.0. The van der Waals surface area contributed by atoms with Crippen molar-refractivity contribution in [3.05, 3.63) is 59.6 Å². The molecule has 134 valence electrons. The molecule has 1 unspecified atom stereocenters. The normalized spacial score (nSPS) is 12.9. The van der Waals surface area contributed by atoms with Crippen LogP contribution in [0, 0.1) is 10.8 Å². The Balaban J connectivity index is 2.28. The molecule has 9 heteroatoms. The van der Waals surface area contributed by atoms with Crippen molar-refractivity contribution in [1.82, 2.24) is 4.57 Å². The lowest BCUT2D eigenvalue weighted by Crippen LogP contribution is -2.19. The number of hydrogen-bond donors (Lipinski definition) is 3. The molecule has 1 aromatic heterocycles. The fourth-order valence-electron chi connectivity index (χ4n) is 2.68. The van der Waals surface area contributed by atoms with E-state index >= 15 is 0 Å². The van der Waals surface area contributed by atoms with Gasteiger partial charge in [0.2, 0.25) is 0 Å². The number of hydrogen-bond acceptors (Lipinski definition) is 3. The summed E-state index contributed by atoms with van der Waals surface area (Å²) in [5.74, 6) is 0. The first-order valence-corrected chi connectivity index (χ1v) is 8.36. The van der Waals surface area contributed by atoms with Gasteiger partial charge in [-0.25, -0.2) is 4.21 Å². The number of benzene rings is 2. The topological polar surface area (TPSA) is 89.9 Å². The SMILES string of the molecule is N=Cn1c(=N)cc(-c2ccc(C(F)(F)F)cc2)c2ccc(S(=O)O)cc21. The highest BCUT2D eigenvalue weighted by Gasteiger charge is 2.30. The zero-order chi connectivity index (χ0) is 19.1. The molecule has 26 heavy (non-hydrogen) atoms. The van der Waals surface area contributed by atoms with Gasteiger partial charge >= 0.3 is 6.18 Å². The summed E-state index contributed by atoms with van der Waals surface area (Å²) in [6.45, 7) is 0. The number of nitrogens with zero attached hydrogens (tertiary/aromatic N) is 1. The lowest BCUT2D eigenvalue weighted by Gasteiger charge is -2.13. The zero-order valence-corrected chi connectivity index (χ0v) is 13.9. The smallest absolute Gasteiger partial charge is 0.302 e. The molecule has 0 spiro atoms. The summed E-state index contributed by atoms with van der Waals surface area (Å²) in [5, 5.41) is 16.1. The summed E-state index contributed by atoms with van der Waals surface area (Å²) in [6.07, 6.45) is -3.55. The van der Waals surface area contributed by atoms with Crippen molar-refractivity contribution in [1.29, 1.82) is 10.8 Å². The fourth-order valence-corrected chi connectivity index (χ4v) is 3.07. The molecule has 0 aliphatic rings. The van der Waals surface area contributed by atoms with Crippen LogP contribution in [0.2, 0.25) is 0 Å². The third kappa shape index (κ3) is 3.18. The van der Waals surface area contributed by atoms with Crippen molar-refractivity contribution >= 4 is 28.3 Å². The standard InChI is InChI=1S/C17H12F3N3O2S/c18-17(19,20)11-3-1-10(2-4-11)14-8-16(22)23(9-21)15-7-12(26(24)25)5-6-13(14)15/h1-9,21-22H,(H,24,25). The number of alkyl halides is 3. The molecule has 0 fully saturated rings. The molecule has 3 N–H and O–H groups in total. The molecular formula is C17H12F3N3O2S. The van der Waals surface area contributed by atoms with Crippen LogP contribution in [0.25, 0.3) is 22.0 Å². The molecule has 3 aromatic rings. The van der Waals surface area contributed by atoms with Crippen molar-refractivity contribution in [3.63, 3.8) is 0 Å². The molecule has 5 nitrogen and oxygen atoms in total. The molecule has 1 atom stereocenters. The highest BCUT2D eigenvalue weighted by Crippen LogP contribution is 2.33. The van der Waals surface area contributed by atoms with E-state index in [0.717, 1.165) is 18.5 Å². The lowest BCUT2D eigenvalue weighted by atomic mass is 9.99. The van der Waals surface area contributed by atoms with Crippen molar-refractivity contribution in [3.8, 4) is 11.1 Å². The van der Waals surface area contributed by atoms with Gasteiger partial charge in [0.25, 0.3) is 0 Å². The Hall–Kier alpha value is -2.78. The van der Waals surface area contributed by atoms with Crippen molar-refractivity contribution in [2.24, 2.45) is 0 Å². The summed E-state index contributed by atoms with van der Waals surface area (Å²) < 4.78 is 60.0. The second kappa shape index (κ2) is 6.50. The number of rotatable bonds is 3. The second-order valence-corrected chi connectivity index (χ2v) is 6.42. The monoisotopic (exact) mass is 379 g/mol. The number of aromatic nitrogens is 1. The Morgan fingerprint density at radius 3 is 2.27 bits per heavy atom. The van der Waals surface area contributed by atoms with Crippen LogP contribution in [0.1, 0.15) is 5.56 Å². The van der Waals surface area contributed by atoms with Crippen LogP contribution in [-0.4, -0.2) is 19.7 Å². The fraction of sp³-hybridized carbons (Fsp3) is 0.0588. The highest BCUT2D eigenvalue weighted by atomic mass is 32.2. The number of pyridine rings is 1. The summed E-state index contributed by atoms with van der Waals surface area (Å²) in [5.41, 5.74) is 0.435. The van der Waals surface area contributed by atoms with E-state index in [1.165, 1.54) is 34.9 Å². The number of nitrogens with one attached hydrogen (secondary N) is 2. The maximum absolute atomic E-state index is 12.7. The van der Waals surface area contributed by atoms with E-state index in [4.69, 9.17) is 10.8 Å². The summed E-state index contributed by atoms with van der Waals surface area (Å²) in [7, 11) is 0. The van der Waals surface area contributed by atoms with Gasteiger partial charge in [-0.2, -0.15) is 13.2 Å². The molecule has 0 bridgehead atoms.